The van der Waals surface area contributed by atoms with E-state index in [4.69, 9.17) is 12.2 Å². The number of nitrogens with zero attached hydrogens (tertiary/aromatic N) is 2. The predicted molar refractivity (Wildman–Crippen MR) is 61.3 cm³/mol. The number of rotatable bonds is 6. The zero-order chi connectivity index (χ0) is 11.8. The standard InChI is InChI=1S/C11H16N4O/c1-2-4-10(12)11(16)14-5-3-7-15-8-6-13-9-15/h1,6,8-10H,3-5,7,12H2,(H,14,16). The van der Waals surface area contributed by atoms with Crippen LogP contribution >= 0.6 is 0 Å². The zero-order valence-electron chi connectivity index (χ0n) is 9.10. The van der Waals surface area contributed by atoms with Gasteiger partial charge in [0, 0.05) is 31.9 Å². The van der Waals surface area contributed by atoms with Crippen LogP contribution < -0.4 is 11.1 Å². The van der Waals surface area contributed by atoms with Gasteiger partial charge in [-0.3, -0.25) is 4.79 Å². The summed E-state index contributed by atoms with van der Waals surface area (Å²) in [6.07, 6.45) is 11.5. The Labute approximate surface area is 95.0 Å². The Kier molecular flexibility index (Phi) is 5.09. The van der Waals surface area contributed by atoms with Crippen LogP contribution in [-0.2, 0) is 11.3 Å². The summed E-state index contributed by atoms with van der Waals surface area (Å²) in [4.78, 5) is 15.3. The summed E-state index contributed by atoms with van der Waals surface area (Å²) in [5.41, 5.74) is 5.53. The quantitative estimate of drug-likeness (QED) is 0.512. The molecule has 0 bridgehead atoms. The van der Waals surface area contributed by atoms with Crippen LogP contribution in [0.5, 0.6) is 0 Å². The first-order chi connectivity index (χ1) is 7.74. The minimum Gasteiger partial charge on any atom is -0.355 e. The third kappa shape index (κ3) is 4.15. The van der Waals surface area contributed by atoms with Crippen LogP contribution in [0.25, 0.3) is 0 Å². The van der Waals surface area contributed by atoms with Crippen LogP contribution in [-0.4, -0.2) is 28.0 Å². The molecular weight excluding hydrogens is 204 g/mol. The fourth-order valence-corrected chi connectivity index (χ4v) is 1.24. The Bertz CT molecular complexity index is 353. The van der Waals surface area contributed by atoms with Gasteiger partial charge in [-0.25, -0.2) is 4.98 Å². The third-order valence-corrected chi connectivity index (χ3v) is 2.13. The Balaban J connectivity index is 2.11. The fraction of sp³-hybridized carbons (Fsp3) is 0.455. The number of carbonyl (C=O) groups excluding carboxylic acids is 1. The van der Waals surface area contributed by atoms with Crippen molar-refractivity contribution < 1.29 is 4.79 Å². The van der Waals surface area contributed by atoms with Crippen LogP contribution in [0.1, 0.15) is 12.8 Å². The van der Waals surface area contributed by atoms with Crippen molar-refractivity contribution in [3.8, 4) is 12.3 Å². The van der Waals surface area contributed by atoms with Crippen LogP contribution in [0.4, 0.5) is 0 Å². The van der Waals surface area contributed by atoms with Gasteiger partial charge in [0.1, 0.15) is 0 Å². The Morgan fingerprint density at radius 2 is 2.50 bits per heavy atom. The van der Waals surface area contributed by atoms with E-state index in [2.05, 4.69) is 16.2 Å². The van der Waals surface area contributed by atoms with Crippen molar-refractivity contribution in [1.29, 1.82) is 0 Å². The highest BCUT2D eigenvalue weighted by Crippen LogP contribution is 1.90. The maximum absolute atomic E-state index is 11.3. The molecule has 0 aliphatic heterocycles. The molecule has 0 fully saturated rings. The molecule has 1 amide bonds. The molecule has 5 nitrogen and oxygen atoms in total. The van der Waals surface area contributed by atoms with Crippen molar-refractivity contribution in [2.45, 2.75) is 25.4 Å². The number of hydrogen-bond donors (Lipinski definition) is 2. The van der Waals surface area contributed by atoms with E-state index in [0.717, 1.165) is 13.0 Å². The van der Waals surface area contributed by atoms with E-state index in [9.17, 15) is 4.79 Å². The Morgan fingerprint density at radius 3 is 3.12 bits per heavy atom. The molecule has 0 saturated carbocycles. The number of carbonyl (C=O) groups is 1. The minimum absolute atomic E-state index is 0.191. The summed E-state index contributed by atoms with van der Waals surface area (Å²) in [5, 5.41) is 2.74. The largest absolute Gasteiger partial charge is 0.355 e. The summed E-state index contributed by atoms with van der Waals surface area (Å²) in [6.45, 7) is 1.42. The maximum Gasteiger partial charge on any atom is 0.237 e. The summed E-state index contributed by atoms with van der Waals surface area (Å²) in [7, 11) is 0. The van der Waals surface area contributed by atoms with Gasteiger partial charge in [0.15, 0.2) is 0 Å². The van der Waals surface area contributed by atoms with E-state index < -0.39 is 6.04 Å². The number of aryl methyl sites for hydroxylation is 1. The van der Waals surface area contributed by atoms with Gasteiger partial charge in [-0.2, -0.15) is 0 Å². The Morgan fingerprint density at radius 1 is 1.69 bits per heavy atom. The number of amides is 1. The van der Waals surface area contributed by atoms with Crippen molar-refractivity contribution in [2.24, 2.45) is 5.73 Å². The molecule has 86 valence electrons. The molecule has 1 aromatic rings. The SMILES string of the molecule is C#CCC(N)C(=O)NCCCn1ccnc1. The predicted octanol–water partition coefficient (Wildman–Crippen LogP) is -0.260. The molecular formula is C11H16N4O. The van der Waals surface area contributed by atoms with Crippen LogP contribution in [0, 0.1) is 12.3 Å². The second-order valence-corrected chi connectivity index (χ2v) is 3.46. The van der Waals surface area contributed by atoms with Crippen molar-refractivity contribution in [3.63, 3.8) is 0 Å². The van der Waals surface area contributed by atoms with Gasteiger partial charge < -0.3 is 15.6 Å². The first kappa shape index (κ1) is 12.3. The average molecular weight is 220 g/mol. The molecule has 0 aromatic carbocycles. The van der Waals surface area contributed by atoms with Gasteiger partial charge >= 0.3 is 0 Å². The highest BCUT2D eigenvalue weighted by molar-refractivity contribution is 5.81. The van der Waals surface area contributed by atoms with Crippen LogP contribution in [0.3, 0.4) is 0 Å². The lowest BCUT2D eigenvalue weighted by atomic mass is 10.2. The lowest BCUT2D eigenvalue weighted by molar-refractivity contribution is -0.122. The van der Waals surface area contributed by atoms with E-state index >= 15 is 0 Å². The molecule has 1 rings (SSSR count). The molecule has 5 heteroatoms. The van der Waals surface area contributed by atoms with Crippen molar-refractivity contribution in [2.75, 3.05) is 6.54 Å². The molecule has 1 heterocycles. The molecule has 0 radical (unpaired) electrons. The van der Waals surface area contributed by atoms with E-state index in [1.165, 1.54) is 0 Å². The monoisotopic (exact) mass is 220 g/mol. The van der Waals surface area contributed by atoms with Crippen molar-refractivity contribution >= 4 is 5.91 Å². The number of terminal acetylenes is 1. The summed E-state index contributed by atoms with van der Waals surface area (Å²) in [6, 6.07) is -0.599. The summed E-state index contributed by atoms with van der Waals surface area (Å²) >= 11 is 0. The van der Waals surface area contributed by atoms with Gasteiger partial charge in [0.25, 0.3) is 0 Å². The molecule has 0 spiro atoms. The number of imidazole rings is 1. The van der Waals surface area contributed by atoms with Gasteiger partial charge in [-0.05, 0) is 6.42 Å². The number of nitrogens with two attached hydrogens (primary N) is 1. The lowest BCUT2D eigenvalue weighted by Crippen LogP contribution is -2.40. The van der Waals surface area contributed by atoms with Crippen LogP contribution in [0.2, 0.25) is 0 Å². The van der Waals surface area contributed by atoms with E-state index in [-0.39, 0.29) is 12.3 Å². The van der Waals surface area contributed by atoms with Crippen molar-refractivity contribution in [3.05, 3.63) is 18.7 Å². The highest BCUT2D eigenvalue weighted by Gasteiger charge is 2.10. The Hall–Kier alpha value is -1.80. The lowest BCUT2D eigenvalue weighted by Gasteiger charge is -2.09. The maximum atomic E-state index is 11.3. The second kappa shape index (κ2) is 6.64. The van der Waals surface area contributed by atoms with Crippen molar-refractivity contribution in [1.82, 2.24) is 14.9 Å². The van der Waals surface area contributed by atoms with Crippen LogP contribution in [0.15, 0.2) is 18.7 Å². The molecule has 0 aliphatic rings. The smallest absolute Gasteiger partial charge is 0.237 e. The normalized spacial score (nSPS) is 11.8. The molecule has 3 N–H and O–H groups in total. The van der Waals surface area contributed by atoms with Gasteiger partial charge in [0.05, 0.1) is 12.4 Å². The van der Waals surface area contributed by atoms with E-state index in [1.54, 1.807) is 12.5 Å². The molecule has 0 aliphatic carbocycles. The van der Waals surface area contributed by atoms with Gasteiger partial charge in [-0.15, -0.1) is 12.3 Å². The topological polar surface area (TPSA) is 72.9 Å². The number of nitrogens with one attached hydrogen (secondary N) is 1. The number of hydrogen-bond acceptors (Lipinski definition) is 3. The van der Waals surface area contributed by atoms with Gasteiger partial charge in [0.2, 0.25) is 5.91 Å². The molecule has 1 aromatic heterocycles. The molecule has 0 saturated heterocycles. The summed E-state index contributed by atoms with van der Waals surface area (Å²) < 4.78 is 1.95. The zero-order valence-corrected chi connectivity index (χ0v) is 9.10. The van der Waals surface area contributed by atoms with E-state index in [1.807, 2.05) is 10.8 Å². The molecule has 1 unspecified atom stereocenters. The first-order valence-electron chi connectivity index (χ1n) is 5.16. The highest BCUT2D eigenvalue weighted by atomic mass is 16.2. The second-order valence-electron chi connectivity index (χ2n) is 3.46. The summed E-state index contributed by atoms with van der Waals surface area (Å²) in [5.74, 6) is 2.17. The van der Waals surface area contributed by atoms with E-state index in [0.29, 0.717) is 6.54 Å². The fourth-order valence-electron chi connectivity index (χ4n) is 1.24. The minimum atomic E-state index is -0.599. The third-order valence-electron chi connectivity index (χ3n) is 2.13. The first-order valence-corrected chi connectivity index (χ1v) is 5.16. The number of aromatic nitrogens is 2. The van der Waals surface area contributed by atoms with Gasteiger partial charge in [-0.1, -0.05) is 0 Å². The molecule has 1 atom stereocenters. The molecule has 16 heavy (non-hydrogen) atoms. The average Bonchev–Trinajstić information content (AvgIpc) is 2.77.